The third kappa shape index (κ3) is 3.42. The van der Waals surface area contributed by atoms with Crippen LogP contribution in [0.25, 0.3) is 0 Å². The minimum Gasteiger partial charge on any atom is -0.478 e. The number of carbonyl (C=O) groups is 2. The second-order valence-electron chi connectivity index (χ2n) is 4.81. The Hall–Kier alpha value is -1.45. The van der Waals surface area contributed by atoms with Crippen LogP contribution in [-0.2, 0) is 14.8 Å². The zero-order chi connectivity index (χ0) is 15.6. The summed E-state index contributed by atoms with van der Waals surface area (Å²) < 4.78 is 25.5. The maximum absolute atomic E-state index is 12.3. The monoisotopic (exact) mass is 332 g/mol. The number of hydrogen-bond donors (Lipinski definition) is 1. The van der Waals surface area contributed by atoms with E-state index in [9.17, 15) is 18.0 Å². The number of sulfonamides is 1. The molecular formula is C12H16N2O5S2. The Labute approximate surface area is 126 Å². The van der Waals surface area contributed by atoms with Gasteiger partial charge in [0.15, 0.2) is 0 Å². The smallest absolute Gasteiger partial charge is 0.336 e. The fourth-order valence-electron chi connectivity index (χ4n) is 2.06. The normalized spacial score (nSPS) is 15.6. The first kappa shape index (κ1) is 15.9. The molecule has 0 unspecified atom stereocenters. The summed E-state index contributed by atoms with van der Waals surface area (Å²) in [6.07, 6.45) is 1.88. The van der Waals surface area contributed by atoms with Gasteiger partial charge in [0, 0.05) is 25.5 Å². The van der Waals surface area contributed by atoms with Gasteiger partial charge in [-0.2, -0.15) is 4.31 Å². The van der Waals surface area contributed by atoms with Crippen molar-refractivity contribution in [1.29, 1.82) is 0 Å². The van der Waals surface area contributed by atoms with Crippen molar-refractivity contribution in [2.75, 3.05) is 26.7 Å². The Morgan fingerprint density at radius 3 is 2.52 bits per heavy atom. The predicted molar refractivity (Wildman–Crippen MR) is 76.9 cm³/mol. The fourth-order valence-corrected chi connectivity index (χ4v) is 4.54. The van der Waals surface area contributed by atoms with E-state index in [4.69, 9.17) is 5.11 Å². The first-order valence-corrected chi connectivity index (χ1v) is 8.70. The molecule has 0 saturated carbocycles. The summed E-state index contributed by atoms with van der Waals surface area (Å²) in [5.41, 5.74) is -0.0714. The van der Waals surface area contributed by atoms with Crippen molar-refractivity contribution in [3.8, 4) is 0 Å². The number of amides is 1. The standard InChI is InChI=1S/C12H16N2O5S2/c1-13(7-10(15)14-4-2-3-5-14)21(18,19)11-6-9(8-20-11)12(16)17/h6,8H,2-5,7H2,1H3,(H,16,17). The number of hydrogen-bond acceptors (Lipinski definition) is 5. The molecule has 0 aromatic carbocycles. The molecule has 1 amide bonds. The average molecular weight is 332 g/mol. The molecule has 1 N–H and O–H groups in total. The van der Waals surface area contributed by atoms with E-state index in [1.54, 1.807) is 4.90 Å². The highest BCUT2D eigenvalue weighted by atomic mass is 32.2. The lowest BCUT2D eigenvalue weighted by Crippen LogP contribution is -2.39. The van der Waals surface area contributed by atoms with Gasteiger partial charge in [0.05, 0.1) is 12.1 Å². The van der Waals surface area contributed by atoms with Gasteiger partial charge >= 0.3 is 5.97 Å². The molecule has 0 spiro atoms. The van der Waals surface area contributed by atoms with Crippen LogP contribution in [0, 0.1) is 0 Å². The molecule has 0 bridgehead atoms. The Morgan fingerprint density at radius 2 is 2.00 bits per heavy atom. The lowest BCUT2D eigenvalue weighted by atomic mass is 10.4. The maximum atomic E-state index is 12.3. The summed E-state index contributed by atoms with van der Waals surface area (Å²) in [5, 5.41) is 10.1. The van der Waals surface area contributed by atoms with Crippen LogP contribution in [0.15, 0.2) is 15.7 Å². The second kappa shape index (κ2) is 6.12. The summed E-state index contributed by atoms with van der Waals surface area (Å²) >= 11 is 0.837. The average Bonchev–Trinajstić information content (AvgIpc) is 3.10. The van der Waals surface area contributed by atoms with E-state index in [0.717, 1.165) is 34.6 Å². The Kier molecular flexibility index (Phi) is 4.64. The number of nitrogens with zero attached hydrogens (tertiary/aromatic N) is 2. The molecular weight excluding hydrogens is 316 g/mol. The van der Waals surface area contributed by atoms with Crippen LogP contribution in [0.4, 0.5) is 0 Å². The number of rotatable bonds is 5. The third-order valence-corrected chi connectivity index (χ3v) is 6.52. The van der Waals surface area contributed by atoms with Crippen molar-refractivity contribution in [3.05, 3.63) is 17.0 Å². The van der Waals surface area contributed by atoms with Crippen LogP contribution in [0.3, 0.4) is 0 Å². The highest BCUT2D eigenvalue weighted by Gasteiger charge is 2.28. The second-order valence-corrected chi connectivity index (χ2v) is 7.99. The fraction of sp³-hybridized carbons (Fsp3) is 0.500. The minimum atomic E-state index is -3.84. The van der Waals surface area contributed by atoms with Crippen molar-refractivity contribution in [2.45, 2.75) is 17.1 Å². The van der Waals surface area contributed by atoms with E-state index in [1.807, 2.05) is 0 Å². The number of carboxylic acids is 1. The molecule has 1 aliphatic rings. The van der Waals surface area contributed by atoms with Gasteiger partial charge in [-0.3, -0.25) is 4.79 Å². The Morgan fingerprint density at radius 1 is 1.38 bits per heavy atom. The number of aromatic carboxylic acids is 1. The number of likely N-dealkylation sites (N-methyl/N-ethyl adjacent to an activating group) is 1. The van der Waals surface area contributed by atoms with Crippen molar-refractivity contribution in [1.82, 2.24) is 9.21 Å². The molecule has 0 aliphatic carbocycles. The van der Waals surface area contributed by atoms with E-state index in [1.165, 1.54) is 12.4 Å². The molecule has 1 aliphatic heterocycles. The Bertz CT molecular complexity index is 646. The van der Waals surface area contributed by atoms with Gasteiger partial charge in [0.25, 0.3) is 10.0 Å². The van der Waals surface area contributed by atoms with E-state index in [-0.39, 0.29) is 22.2 Å². The van der Waals surface area contributed by atoms with Crippen molar-refractivity contribution in [3.63, 3.8) is 0 Å². The largest absolute Gasteiger partial charge is 0.478 e. The SMILES string of the molecule is CN(CC(=O)N1CCCC1)S(=O)(=O)c1cc(C(=O)O)cs1. The van der Waals surface area contributed by atoms with E-state index >= 15 is 0 Å². The van der Waals surface area contributed by atoms with Crippen molar-refractivity contribution < 1.29 is 23.1 Å². The minimum absolute atomic E-state index is 0.0714. The number of likely N-dealkylation sites (tertiary alicyclic amines) is 1. The van der Waals surface area contributed by atoms with Crippen LogP contribution < -0.4 is 0 Å². The molecule has 7 nitrogen and oxygen atoms in total. The van der Waals surface area contributed by atoms with Gasteiger partial charge in [-0.25, -0.2) is 13.2 Å². The first-order valence-electron chi connectivity index (χ1n) is 6.38. The molecule has 1 aromatic heterocycles. The van der Waals surface area contributed by atoms with E-state index in [2.05, 4.69) is 0 Å². The molecule has 2 heterocycles. The van der Waals surface area contributed by atoms with Crippen LogP contribution in [-0.4, -0.2) is 61.3 Å². The lowest BCUT2D eigenvalue weighted by molar-refractivity contribution is -0.130. The molecule has 1 fully saturated rings. The summed E-state index contributed by atoms with van der Waals surface area (Å²) in [5.74, 6) is -1.41. The number of carboxylic acid groups (broad SMARTS) is 1. The highest BCUT2D eigenvalue weighted by Crippen LogP contribution is 2.23. The quantitative estimate of drug-likeness (QED) is 0.856. The maximum Gasteiger partial charge on any atom is 0.336 e. The number of carbonyl (C=O) groups excluding carboxylic acids is 1. The van der Waals surface area contributed by atoms with E-state index < -0.39 is 16.0 Å². The molecule has 9 heteroatoms. The summed E-state index contributed by atoms with van der Waals surface area (Å²) in [6, 6.07) is 1.11. The third-order valence-electron chi connectivity index (χ3n) is 3.30. The van der Waals surface area contributed by atoms with E-state index in [0.29, 0.717) is 13.1 Å². The number of thiophene rings is 1. The molecule has 0 atom stereocenters. The molecule has 116 valence electrons. The lowest BCUT2D eigenvalue weighted by Gasteiger charge is -2.20. The molecule has 0 radical (unpaired) electrons. The summed E-state index contributed by atoms with van der Waals surface area (Å²) in [4.78, 5) is 24.4. The van der Waals surface area contributed by atoms with Gasteiger partial charge in [-0.1, -0.05) is 0 Å². The van der Waals surface area contributed by atoms with Gasteiger partial charge in [-0.05, 0) is 18.9 Å². The van der Waals surface area contributed by atoms with Gasteiger partial charge in [-0.15, -0.1) is 11.3 Å². The van der Waals surface area contributed by atoms with Gasteiger partial charge in [0.1, 0.15) is 4.21 Å². The topological polar surface area (TPSA) is 95.0 Å². The van der Waals surface area contributed by atoms with Gasteiger partial charge in [0.2, 0.25) is 5.91 Å². The van der Waals surface area contributed by atoms with Crippen LogP contribution in [0.2, 0.25) is 0 Å². The van der Waals surface area contributed by atoms with Crippen molar-refractivity contribution >= 4 is 33.2 Å². The van der Waals surface area contributed by atoms with Crippen LogP contribution >= 0.6 is 11.3 Å². The molecule has 21 heavy (non-hydrogen) atoms. The van der Waals surface area contributed by atoms with Crippen LogP contribution in [0.5, 0.6) is 0 Å². The Balaban J connectivity index is 2.10. The van der Waals surface area contributed by atoms with Crippen LogP contribution in [0.1, 0.15) is 23.2 Å². The molecule has 1 aromatic rings. The zero-order valence-corrected chi connectivity index (χ0v) is 13.1. The zero-order valence-electron chi connectivity index (χ0n) is 11.5. The van der Waals surface area contributed by atoms with Crippen molar-refractivity contribution in [2.24, 2.45) is 0 Å². The molecule has 2 rings (SSSR count). The molecule has 1 saturated heterocycles. The predicted octanol–water partition coefficient (Wildman–Crippen LogP) is 0.689. The highest BCUT2D eigenvalue weighted by molar-refractivity contribution is 7.91. The summed E-state index contributed by atoms with van der Waals surface area (Å²) in [7, 11) is -2.51. The van der Waals surface area contributed by atoms with Gasteiger partial charge < -0.3 is 10.0 Å². The summed E-state index contributed by atoms with van der Waals surface area (Å²) in [6.45, 7) is 1.09. The first-order chi connectivity index (χ1) is 9.82.